The Balaban J connectivity index is 2.41. The predicted octanol–water partition coefficient (Wildman–Crippen LogP) is -1.61. The first-order chi connectivity index (χ1) is 7.65. The molecule has 0 spiro atoms. The highest BCUT2D eigenvalue weighted by Crippen LogP contribution is 2.18. The van der Waals surface area contributed by atoms with E-state index >= 15 is 0 Å². The van der Waals surface area contributed by atoms with Crippen LogP contribution < -0.4 is 11.5 Å². The van der Waals surface area contributed by atoms with Crippen LogP contribution in [0.15, 0.2) is 12.7 Å². The topological polar surface area (TPSA) is 136 Å². The Kier molecular flexibility index (Phi) is 2.79. The predicted molar refractivity (Wildman–Crippen MR) is 54.8 cm³/mol. The number of imidazole rings is 1. The minimum Gasteiger partial charge on any atom is -0.394 e. The van der Waals surface area contributed by atoms with E-state index in [1.165, 1.54) is 12.7 Å². The molecule has 0 aliphatic heterocycles. The molecule has 16 heavy (non-hydrogen) atoms. The summed E-state index contributed by atoms with van der Waals surface area (Å²) >= 11 is 0. The van der Waals surface area contributed by atoms with Gasteiger partial charge in [0.15, 0.2) is 5.65 Å². The second-order valence-electron chi connectivity index (χ2n) is 3.19. The average Bonchev–Trinajstić information content (AvgIpc) is 2.73. The molecule has 0 radical (unpaired) electrons. The number of hydrogen-bond acceptors (Lipinski definition) is 7. The van der Waals surface area contributed by atoms with Gasteiger partial charge in [-0.25, -0.2) is 15.0 Å². The number of aliphatic hydroxyl groups excluding tert-OH is 1. The number of ether oxygens (including phenoxy) is 1. The van der Waals surface area contributed by atoms with E-state index in [1.54, 1.807) is 0 Å². The second kappa shape index (κ2) is 4.10. The zero-order valence-electron chi connectivity index (χ0n) is 8.42. The standard InChI is InChI=1S/C8H12N6O2/c9-8(10,16-2-1-15)6-5-7(13-3-11-5)14-4-12-6/h3-4,15H,1-2,9-10H2,(H,11,12,13,14). The van der Waals surface area contributed by atoms with Gasteiger partial charge in [-0.15, -0.1) is 0 Å². The van der Waals surface area contributed by atoms with Crippen LogP contribution in [0, 0.1) is 0 Å². The van der Waals surface area contributed by atoms with E-state index in [1.807, 2.05) is 0 Å². The molecule has 0 aromatic carbocycles. The SMILES string of the molecule is NC(N)(OCCO)c1ncnc2nc[nH]c12. The first kappa shape index (κ1) is 10.9. The second-order valence-corrected chi connectivity index (χ2v) is 3.19. The van der Waals surface area contributed by atoms with Crippen molar-refractivity contribution in [2.75, 3.05) is 13.2 Å². The van der Waals surface area contributed by atoms with Gasteiger partial charge in [0, 0.05) is 0 Å². The van der Waals surface area contributed by atoms with Gasteiger partial charge in [0.1, 0.15) is 17.5 Å². The lowest BCUT2D eigenvalue weighted by molar-refractivity contribution is -0.0570. The van der Waals surface area contributed by atoms with Crippen molar-refractivity contribution in [3.63, 3.8) is 0 Å². The van der Waals surface area contributed by atoms with E-state index in [0.29, 0.717) is 16.9 Å². The molecule has 0 saturated heterocycles. The fourth-order valence-electron chi connectivity index (χ4n) is 1.34. The summed E-state index contributed by atoms with van der Waals surface area (Å²) in [6, 6.07) is 0. The first-order valence-corrected chi connectivity index (χ1v) is 4.62. The summed E-state index contributed by atoms with van der Waals surface area (Å²) < 4.78 is 5.11. The van der Waals surface area contributed by atoms with Crippen LogP contribution in [-0.4, -0.2) is 38.3 Å². The Bertz CT molecular complexity index is 482. The van der Waals surface area contributed by atoms with Crippen molar-refractivity contribution in [1.29, 1.82) is 0 Å². The number of aliphatic hydroxyl groups is 1. The van der Waals surface area contributed by atoms with Crippen molar-refractivity contribution in [3.8, 4) is 0 Å². The van der Waals surface area contributed by atoms with Gasteiger partial charge < -0.3 is 14.8 Å². The molecule has 0 aliphatic carbocycles. The molecule has 6 N–H and O–H groups in total. The molecule has 2 heterocycles. The highest BCUT2D eigenvalue weighted by Gasteiger charge is 2.28. The normalized spacial score (nSPS) is 12.2. The molecule has 0 amide bonds. The largest absolute Gasteiger partial charge is 0.394 e. The third-order valence-electron chi connectivity index (χ3n) is 2.03. The zero-order chi connectivity index (χ0) is 11.6. The lowest BCUT2D eigenvalue weighted by Gasteiger charge is -2.23. The van der Waals surface area contributed by atoms with E-state index in [0.717, 1.165) is 0 Å². The minimum absolute atomic E-state index is 0.0205. The van der Waals surface area contributed by atoms with Gasteiger partial charge in [-0.1, -0.05) is 0 Å². The van der Waals surface area contributed by atoms with Gasteiger partial charge in [-0.3, -0.25) is 11.5 Å². The van der Waals surface area contributed by atoms with Gasteiger partial charge in [-0.2, -0.15) is 0 Å². The highest BCUT2D eigenvalue weighted by atomic mass is 16.5. The van der Waals surface area contributed by atoms with Gasteiger partial charge in [0.2, 0.25) is 5.85 Å². The van der Waals surface area contributed by atoms with E-state index in [4.69, 9.17) is 21.3 Å². The van der Waals surface area contributed by atoms with Crippen molar-refractivity contribution in [2.24, 2.45) is 11.5 Å². The number of nitrogens with one attached hydrogen (secondary N) is 1. The van der Waals surface area contributed by atoms with Gasteiger partial charge in [0.25, 0.3) is 0 Å². The molecule has 0 bridgehead atoms. The number of nitrogens with two attached hydrogens (primary N) is 2. The smallest absolute Gasteiger partial charge is 0.216 e. The first-order valence-electron chi connectivity index (χ1n) is 4.62. The van der Waals surface area contributed by atoms with E-state index < -0.39 is 5.85 Å². The molecule has 0 atom stereocenters. The van der Waals surface area contributed by atoms with Crippen molar-refractivity contribution in [3.05, 3.63) is 18.3 Å². The van der Waals surface area contributed by atoms with E-state index in [-0.39, 0.29) is 13.2 Å². The molecule has 8 heteroatoms. The van der Waals surface area contributed by atoms with E-state index in [9.17, 15) is 0 Å². The summed E-state index contributed by atoms with van der Waals surface area (Å²) in [5, 5.41) is 8.66. The van der Waals surface area contributed by atoms with Gasteiger partial charge in [-0.05, 0) is 0 Å². The molecule has 2 aromatic heterocycles. The summed E-state index contributed by atoms with van der Waals surface area (Å²) in [5.74, 6) is -1.59. The molecular weight excluding hydrogens is 212 g/mol. The quantitative estimate of drug-likeness (QED) is 0.458. The van der Waals surface area contributed by atoms with Crippen LogP contribution >= 0.6 is 0 Å². The zero-order valence-corrected chi connectivity index (χ0v) is 8.42. The average molecular weight is 224 g/mol. The van der Waals surface area contributed by atoms with Crippen LogP contribution in [0.25, 0.3) is 11.2 Å². The fraction of sp³-hybridized carbons (Fsp3) is 0.375. The maximum absolute atomic E-state index is 8.66. The Labute approximate surface area is 90.7 Å². The van der Waals surface area contributed by atoms with Gasteiger partial charge in [0.05, 0.1) is 19.5 Å². The molecule has 0 fully saturated rings. The number of hydrogen-bond donors (Lipinski definition) is 4. The van der Waals surface area contributed by atoms with Crippen LogP contribution in [0.1, 0.15) is 5.69 Å². The monoisotopic (exact) mass is 224 g/mol. The lowest BCUT2D eigenvalue weighted by Crippen LogP contribution is -2.50. The number of rotatable bonds is 4. The van der Waals surface area contributed by atoms with Gasteiger partial charge >= 0.3 is 0 Å². The van der Waals surface area contributed by atoms with Crippen LogP contribution in [0.4, 0.5) is 0 Å². The molecule has 8 nitrogen and oxygen atoms in total. The Morgan fingerprint density at radius 3 is 2.94 bits per heavy atom. The molecule has 0 unspecified atom stereocenters. The van der Waals surface area contributed by atoms with Crippen LogP contribution in [-0.2, 0) is 10.6 Å². The van der Waals surface area contributed by atoms with Crippen molar-refractivity contribution < 1.29 is 9.84 Å². The summed E-state index contributed by atoms with van der Waals surface area (Å²) in [7, 11) is 0. The van der Waals surface area contributed by atoms with Crippen LogP contribution in [0.5, 0.6) is 0 Å². The molecule has 2 aromatic rings. The fourth-order valence-corrected chi connectivity index (χ4v) is 1.34. The number of aromatic nitrogens is 4. The molecule has 0 saturated carbocycles. The summed E-state index contributed by atoms with van der Waals surface area (Å²) in [5.41, 5.74) is 12.8. The van der Waals surface area contributed by atoms with Crippen LogP contribution in [0.3, 0.4) is 0 Å². The third kappa shape index (κ3) is 1.86. The maximum Gasteiger partial charge on any atom is 0.216 e. The Morgan fingerprint density at radius 2 is 2.19 bits per heavy atom. The van der Waals surface area contributed by atoms with Crippen LogP contribution in [0.2, 0.25) is 0 Å². The maximum atomic E-state index is 8.66. The Morgan fingerprint density at radius 1 is 1.38 bits per heavy atom. The van der Waals surface area contributed by atoms with Crippen molar-refractivity contribution in [2.45, 2.75) is 5.85 Å². The third-order valence-corrected chi connectivity index (χ3v) is 2.03. The van der Waals surface area contributed by atoms with Crippen molar-refractivity contribution in [1.82, 2.24) is 19.9 Å². The molecular formula is C8H12N6O2. The number of nitrogens with zero attached hydrogens (tertiary/aromatic N) is 3. The highest BCUT2D eigenvalue weighted by molar-refractivity contribution is 5.72. The molecule has 86 valence electrons. The molecule has 2 rings (SSSR count). The number of H-pyrrole nitrogens is 1. The summed E-state index contributed by atoms with van der Waals surface area (Å²) in [4.78, 5) is 14.7. The Hall–Kier alpha value is -1.61. The van der Waals surface area contributed by atoms with E-state index in [2.05, 4.69) is 19.9 Å². The van der Waals surface area contributed by atoms with Crippen molar-refractivity contribution >= 4 is 11.2 Å². The summed E-state index contributed by atoms with van der Waals surface area (Å²) in [6.07, 6.45) is 2.76. The number of fused-ring (bicyclic) bond motifs is 1. The summed E-state index contributed by atoms with van der Waals surface area (Å²) in [6.45, 7) is -0.153. The molecule has 0 aliphatic rings. The number of aromatic amines is 1. The minimum atomic E-state index is -1.59. The lowest BCUT2D eigenvalue weighted by atomic mass is 10.2.